The number of isocyanates is 1. The standard InChI is InChI=1S/C13H12BrNO3/c14-10-7-12-11(17-4-5-18-12)6-9(10)13(15-8-16)2-1-3-13/h6-7H,1-5H2. The molecule has 94 valence electrons. The lowest BCUT2D eigenvalue weighted by Crippen LogP contribution is -2.32. The highest BCUT2D eigenvalue weighted by Crippen LogP contribution is 2.50. The Morgan fingerprint density at radius 2 is 1.89 bits per heavy atom. The monoisotopic (exact) mass is 309 g/mol. The normalized spacial score (nSPS) is 19.6. The maximum atomic E-state index is 10.6. The molecule has 4 nitrogen and oxygen atoms in total. The molecule has 0 N–H and O–H groups in total. The summed E-state index contributed by atoms with van der Waals surface area (Å²) < 4.78 is 12.0. The zero-order chi connectivity index (χ0) is 12.6. The number of fused-ring (bicyclic) bond motifs is 1. The van der Waals surface area contributed by atoms with Gasteiger partial charge in [-0.25, -0.2) is 4.79 Å². The van der Waals surface area contributed by atoms with Crippen molar-refractivity contribution >= 4 is 22.0 Å². The van der Waals surface area contributed by atoms with Gasteiger partial charge in [-0.3, -0.25) is 0 Å². The van der Waals surface area contributed by atoms with Crippen molar-refractivity contribution in [3.05, 3.63) is 22.2 Å². The van der Waals surface area contributed by atoms with Gasteiger partial charge in [0.2, 0.25) is 6.08 Å². The molecule has 0 amide bonds. The molecule has 18 heavy (non-hydrogen) atoms. The first-order valence-electron chi connectivity index (χ1n) is 5.94. The van der Waals surface area contributed by atoms with Gasteiger partial charge in [0, 0.05) is 4.47 Å². The number of carbonyl (C=O) groups excluding carboxylic acids is 1. The van der Waals surface area contributed by atoms with E-state index in [1.54, 1.807) is 6.08 Å². The van der Waals surface area contributed by atoms with Crippen LogP contribution in [0.1, 0.15) is 24.8 Å². The predicted molar refractivity (Wildman–Crippen MR) is 68.8 cm³/mol. The van der Waals surface area contributed by atoms with Crippen LogP contribution in [0.15, 0.2) is 21.6 Å². The summed E-state index contributed by atoms with van der Waals surface area (Å²) in [4.78, 5) is 14.6. The van der Waals surface area contributed by atoms with Crippen LogP contribution in [0.4, 0.5) is 0 Å². The molecule has 0 bridgehead atoms. The second-order valence-corrected chi connectivity index (χ2v) is 5.42. The first-order valence-corrected chi connectivity index (χ1v) is 6.73. The minimum atomic E-state index is -0.420. The Balaban J connectivity index is 2.09. The number of benzene rings is 1. The second-order valence-electron chi connectivity index (χ2n) is 4.56. The molecule has 0 radical (unpaired) electrons. The summed E-state index contributed by atoms with van der Waals surface area (Å²) in [5.74, 6) is 1.47. The van der Waals surface area contributed by atoms with Gasteiger partial charge in [0.15, 0.2) is 11.5 Å². The van der Waals surface area contributed by atoms with E-state index in [-0.39, 0.29) is 0 Å². The van der Waals surface area contributed by atoms with E-state index in [0.717, 1.165) is 40.8 Å². The van der Waals surface area contributed by atoms with Gasteiger partial charge in [0.25, 0.3) is 0 Å². The minimum absolute atomic E-state index is 0.420. The van der Waals surface area contributed by atoms with Crippen molar-refractivity contribution < 1.29 is 14.3 Å². The van der Waals surface area contributed by atoms with Crippen LogP contribution in [0, 0.1) is 0 Å². The van der Waals surface area contributed by atoms with Crippen molar-refractivity contribution in [1.29, 1.82) is 0 Å². The summed E-state index contributed by atoms with van der Waals surface area (Å²) in [6.07, 6.45) is 4.52. The molecular weight excluding hydrogens is 298 g/mol. The number of halogens is 1. The average molecular weight is 310 g/mol. The average Bonchev–Trinajstić information content (AvgIpc) is 2.33. The van der Waals surface area contributed by atoms with Crippen molar-refractivity contribution in [3.63, 3.8) is 0 Å². The third-order valence-corrected chi connectivity index (χ3v) is 4.23. The molecule has 1 aliphatic heterocycles. The number of aliphatic imine (C=N–C) groups is 1. The largest absolute Gasteiger partial charge is 0.486 e. The molecule has 0 atom stereocenters. The molecule has 1 aliphatic carbocycles. The number of ether oxygens (including phenoxy) is 2. The molecule has 1 aromatic rings. The van der Waals surface area contributed by atoms with Gasteiger partial charge in [-0.05, 0) is 37.0 Å². The van der Waals surface area contributed by atoms with E-state index in [4.69, 9.17) is 9.47 Å². The van der Waals surface area contributed by atoms with Gasteiger partial charge in [-0.2, -0.15) is 4.99 Å². The molecule has 0 aromatic heterocycles. The number of hydrogen-bond donors (Lipinski definition) is 0. The van der Waals surface area contributed by atoms with Crippen LogP contribution in [0.3, 0.4) is 0 Å². The first-order chi connectivity index (χ1) is 8.75. The fourth-order valence-corrected chi connectivity index (χ4v) is 3.15. The van der Waals surface area contributed by atoms with Crippen molar-refractivity contribution in [2.75, 3.05) is 13.2 Å². The third kappa shape index (κ3) is 1.74. The van der Waals surface area contributed by atoms with E-state index >= 15 is 0 Å². The van der Waals surface area contributed by atoms with Crippen LogP contribution >= 0.6 is 15.9 Å². The van der Waals surface area contributed by atoms with Crippen molar-refractivity contribution in [1.82, 2.24) is 0 Å². The number of hydrogen-bond acceptors (Lipinski definition) is 4. The zero-order valence-corrected chi connectivity index (χ0v) is 11.3. The van der Waals surface area contributed by atoms with E-state index in [1.165, 1.54) is 0 Å². The van der Waals surface area contributed by atoms with E-state index in [2.05, 4.69) is 20.9 Å². The van der Waals surface area contributed by atoms with Gasteiger partial charge in [0.05, 0.1) is 5.54 Å². The van der Waals surface area contributed by atoms with Crippen LogP contribution in [0.5, 0.6) is 11.5 Å². The molecule has 2 aliphatic rings. The Morgan fingerprint density at radius 1 is 1.22 bits per heavy atom. The predicted octanol–water partition coefficient (Wildman–Crippen LogP) is 2.94. The van der Waals surface area contributed by atoms with Gasteiger partial charge in [-0.15, -0.1) is 0 Å². The third-order valence-electron chi connectivity index (χ3n) is 3.57. The Morgan fingerprint density at radius 3 is 2.44 bits per heavy atom. The van der Waals surface area contributed by atoms with Crippen molar-refractivity contribution in [2.24, 2.45) is 4.99 Å². The lowest BCUT2D eigenvalue weighted by molar-refractivity contribution is 0.170. The van der Waals surface area contributed by atoms with Crippen LogP contribution < -0.4 is 9.47 Å². The zero-order valence-electron chi connectivity index (χ0n) is 9.74. The minimum Gasteiger partial charge on any atom is -0.486 e. The summed E-state index contributed by atoms with van der Waals surface area (Å²) in [6, 6.07) is 3.82. The Labute approximate surface area is 113 Å². The lowest BCUT2D eigenvalue weighted by atomic mass is 9.72. The quantitative estimate of drug-likeness (QED) is 0.623. The molecule has 3 rings (SSSR count). The lowest BCUT2D eigenvalue weighted by Gasteiger charge is -2.38. The summed E-state index contributed by atoms with van der Waals surface area (Å²) in [5.41, 5.74) is 0.567. The highest BCUT2D eigenvalue weighted by molar-refractivity contribution is 9.10. The Hall–Kier alpha value is -1.32. The maximum Gasteiger partial charge on any atom is 0.235 e. The summed E-state index contributed by atoms with van der Waals surface area (Å²) in [5, 5.41) is 0. The van der Waals surface area contributed by atoms with Gasteiger partial charge >= 0.3 is 0 Å². The van der Waals surface area contributed by atoms with E-state index < -0.39 is 5.54 Å². The smallest absolute Gasteiger partial charge is 0.235 e. The Kier molecular flexibility index (Phi) is 2.88. The van der Waals surface area contributed by atoms with Crippen LogP contribution in [-0.4, -0.2) is 19.3 Å². The van der Waals surface area contributed by atoms with Gasteiger partial charge < -0.3 is 9.47 Å². The molecule has 0 saturated heterocycles. The van der Waals surface area contributed by atoms with Crippen LogP contribution in [0.25, 0.3) is 0 Å². The van der Waals surface area contributed by atoms with Gasteiger partial charge in [-0.1, -0.05) is 15.9 Å². The first kappa shape index (κ1) is 11.8. The second kappa shape index (κ2) is 4.41. The highest BCUT2D eigenvalue weighted by atomic mass is 79.9. The SMILES string of the molecule is O=C=NC1(c2cc3c(cc2Br)OCCO3)CCC1. The molecule has 1 fully saturated rings. The van der Waals surface area contributed by atoms with E-state index in [9.17, 15) is 4.79 Å². The van der Waals surface area contributed by atoms with Crippen molar-refractivity contribution in [3.8, 4) is 11.5 Å². The number of nitrogens with zero attached hydrogens (tertiary/aromatic N) is 1. The molecule has 0 unspecified atom stereocenters. The topological polar surface area (TPSA) is 47.9 Å². The van der Waals surface area contributed by atoms with E-state index in [1.807, 2.05) is 12.1 Å². The number of rotatable bonds is 2. The summed E-state index contributed by atoms with van der Waals surface area (Å²) >= 11 is 3.53. The fraction of sp³-hybridized carbons (Fsp3) is 0.462. The maximum absolute atomic E-state index is 10.6. The molecule has 1 aromatic carbocycles. The summed E-state index contributed by atoms with van der Waals surface area (Å²) in [6.45, 7) is 1.12. The van der Waals surface area contributed by atoms with Crippen molar-refractivity contribution in [2.45, 2.75) is 24.8 Å². The molecular formula is C13H12BrNO3. The molecule has 1 heterocycles. The van der Waals surface area contributed by atoms with Gasteiger partial charge in [0.1, 0.15) is 13.2 Å². The molecule has 0 spiro atoms. The summed E-state index contributed by atoms with van der Waals surface area (Å²) in [7, 11) is 0. The fourth-order valence-electron chi connectivity index (χ4n) is 2.46. The van der Waals surface area contributed by atoms with Crippen LogP contribution in [-0.2, 0) is 10.3 Å². The molecule has 5 heteroatoms. The van der Waals surface area contributed by atoms with E-state index in [0.29, 0.717) is 13.2 Å². The van der Waals surface area contributed by atoms with Crippen LogP contribution in [0.2, 0.25) is 0 Å². The Bertz CT molecular complexity index is 533. The highest BCUT2D eigenvalue weighted by Gasteiger charge is 2.41. The molecule has 1 saturated carbocycles.